The summed E-state index contributed by atoms with van der Waals surface area (Å²) in [6.07, 6.45) is 0.703. The Labute approximate surface area is 158 Å². The minimum Gasteiger partial charge on any atom is -0.487 e. The first kappa shape index (κ1) is 17.5. The lowest BCUT2D eigenvalue weighted by Gasteiger charge is -2.37. The van der Waals surface area contributed by atoms with Gasteiger partial charge in [0.2, 0.25) is 0 Å². The monoisotopic (exact) mass is 364 g/mol. The van der Waals surface area contributed by atoms with Crippen LogP contribution in [-0.4, -0.2) is 26.3 Å². The Morgan fingerprint density at radius 1 is 1.30 bits per heavy atom. The van der Waals surface area contributed by atoms with E-state index in [4.69, 9.17) is 4.74 Å². The highest BCUT2D eigenvalue weighted by Crippen LogP contribution is 2.39. The maximum atomic E-state index is 13.2. The molecule has 0 radical (unpaired) electrons. The van der Waals surface area contributed by atoms with Crippen LogP contribution in [0.2, 0.25) is 0 Å². The second-order valence-electron chi connectivity index (χ2n) is 7.85. The summed E-state index contributed by atoms with van der Waals surface area (Å²) in [6.45, 7) is 7.89. The van der Waals surface area contributed by atoms with E-state index in [0.29, 0.717) is 12.0 Å². The van der Waals surface area contributed by atoms with Gasteiger partial charge < -0.3 is 10.1 Å². The normalized spacial score (nSPS) is 18.0. The van der Waals surface area contributed by atoms with Gasteiger partial charge in [-0.25, -0.2) is 4.98 Å². The third-order valence-corrected chi connectivity index (χ3v) is 5.02. The number of fused-ring (bicyclic) bond motifs is 2. The van der Waals surface area contributed by atoms with Gasteiger partial charge in [-0.05, 0) is 39.8 Å². The van der Waals surface area contributed by atoms with Gasteiger partial charge in [0.25, 0.3) is 5.91 Å². The summed E-state index contributed by atoms with van der Waals surface area (Å²) in [6, 6.07) is 9.61. The lowest BCUT2D eigenvalue weighted by Crippen LogP contribution is -2.41. The summed E-state index contributed by atoms with van der Waals surface area (Å²) in [5.41, 5.74) is 3.60. The van der Waals surface area contributed by atoms with Crippen molar-refractivity contribution in [3.05, 3.63) is 52.8 Å². The number of amides is 1. The highest BCUT2D eigenvalue weighted by molar-refractivity contribution is 6.06. The summed E-state index contributed by atoms with van der Waals surface area (Å²) in [4.78, 5) is 17.8. The molecule has 1 atom stereocenters. The maximum Gasteiger partial charge on any atom is 0.252 e. The first-order valence-corrected chi connectivity index (χ1v) is 9.15. The summed E-state index contributed by atoms with van der Waals surface area (Å²) in [7, 11) is 1.85. The zero-order valence-electron chi connectivity index (χ0n) is 16.3. The largest absolute Gasteiger partial charge is 0.487 e. The second kappa shape index (κ2) is 6.08. The van der Waals surface area contributed by atoms with E-state index in [1.54, 1.807) is 4.68 Å². The number of rotatable bonds is 2. The van der Waals surface area contributed by atoms with Crippen molar-refractivity contribution in [1.82, 2.24) is 20.1 Å². The molecule has 0 saturated carbocycles. The first-order valence-electron chi connectivity index (χ1n) is 9.15. The van der Waals surface area contributed by atoms with E-state index in [-0.39, 0.29) is 17.6 Å². The molecule has 6 heteroatoms. The van der Waals surface area contributed by atoms with Crippen molar-refractivity contribution in [3.63, 3.8) is 0 Å². The Balaban J connectivity index is 1.74. The summed E-state index contributed by atoms with van der Waals surface area (Å²) >= 11 is 0. The van der Waals surface area contributed by atoms with Crippen LogP contribution in [0.5, 0.6) is 5.75 Å². The van der Waals surface area contributed by atoms with Gasteiger partial charge in [-0.2, -0.15) is 5.10 Å². The van der Waals surface area contributed by atoms with Crippen molar-refractivity contribution in [2.45, 2.75) is 45.8 Å². The van der Waals surface area contributed by atoms with Gasteiger partial charge in [0.15, 0.2) is 5.65 Å². The highest BCUT2D eigenvalue weighted by atomic mass is 16.5. The molecule has 6 nitrogen and oxygen atoms in total. The predicted octanol–water partition coefficient (Wildman–Crippen LogP) is 3.62. The molecule has 0 bridgehead atoms. The molecule has 1 unspecified atom stereocenters. The van der Waals surface area contributed by atoms with Crippen molar-refractivity contribution in [3.8, 4) is 5.75 Å². The van der Waals surface area contributed by atoms with E-state index >= 15 is 0 Å². The number of nitrogens with one attached hydrogen (secondary N) is 1. The molecular formula is C21H24N4O2. The third-order valence-electron chi connectivity index (χ3n) is 5.02. The SMILES string of the molecule is Cc1cc(C(=O)NC2CC(C)(C)Oc3ccccc32)c2c(C)nn(C)c2n1. The van der Waals surface area contributed by atoms with E-state index in [9.17, 15) is 4.79 Å². The molecule has 140 valence electrons. The van der Waals surface area contributed by atoms with Gasteiger partial charge in [-0.1, -0.05) is 18.2 Å². The van der Waals surface area contributed by atoms with E-state index in [1.165, 1.54) is 0 Å². The summed E-state index contributed by atoms with van der Waals surface area (Å²) in [5, 5.41) is 8.46. The lowest BCUT2D eigenvalue weighted by molar-refractivity contribution is 0.0620. The molecule has 0 spiro atoms. The number of carbonyl (C=O) groups excluding carboxylic acids is 1. The van der Waals surface area contributed by atoms with Crippen LogP contribution in [-0.2, 0) is 7.05 Å². The molecule has 27 heavy (non-hydrogen) atoms. The maximum absolute atomic E-state index is 13.2. The molecule has 0 fully saturated rings. The number of aromatic nitrogens is 3. The summed E-state index contributed by atoms with van der Waals surface area (Å²) < 4.78 is 7.80. The fourth-order valence-corrected chi connectivity index (χ4v) is 3.92. The van der Waals surface area contributed by atoms with E-state index in [0.717, 1.165) is 33.7 Å². The molecule has 1 aromatic carbocycles. The van der Waals surface area contributed by atoms with Gasteiger partial charge >= 0.3 is 0 Å². The highest BCUT2D eigenvalue weighted by Gasteiger charge is 2.34. The number of nitrogens with zero attached hydrogens (tertiary/aromatic N) is 3. The van der Waals surface area contributed by atoms with E-state index in [1.807, 2.05) is 65.1 Å². The standard InChI is InChI=1S/C21H24N4O2/c1-12-10-15(18-13(2)24-25(5)19(18)22-12)20(26)23-16-11-21(3,4)27-17-9-7-6-8-14(16)17/h6-10,16H,11H2,1-5H3,(H,23,26). The smallest absolute Gasteiger partial charge is 0.252 e. The van der Waals surface area contributed by atoms with Gasteiger partial charge in [0.05, 0.1) is 22.7 Å². The zero-order valence-corrected chi connectivity index (χ0v) is 16.3. The molecule has 0 aliphatic carbocycles. The number of pyridine rings is 1. The molecule has 0 saturated heterocycles. The Hall–Kier alpha value is -2.89. The van der Waals surface area contributed by atoms with Gasteiger partial charge in [0, 0.05) is 24.7 Å². The van der Waals surface area contributed by atoms with Crippen molar-refractivity contribution in [2.24, 2.45) is 7.05 Å². The van der Waals surface area contributed by atoms with Crippen LogP contribution in [0.1, 0.15) is 53.6 Å². The first-order chi connectivity index (χ1) is 12.7. The second-order valence-corrected chi connectivity index (χ2v) is 7.85. The van der Waals surface area contributed by atoms with Gasteiger partial charge in [-0.15, -0.1) is 0 Å². The number of hydrogen-bond acceptors (Lipinski definition) is 4. The molecule has 1 amide bonds. The fraction of sp³-hybridized carbons (Fsp3) is 0.381. The third kappa shape index (κ3) is 3.05. The van der Waals surface area contributed by atoms with Crippen LogP contribution in [0.3, 0.4) is 0 Å². The minimum absolute atomic E-state index is 0.112. The zero-order chi connectivity index (χ0) is 19.3. The quantitative estimate of drug-likeness (QED) is 0.754. The number of benzene rings is 1. The van der Waals surface area contributed by atoms with E-state index in [2.05, 4.69) is 15.4 Å². The Kier molecular flexibility index (Phi) is 3.94. The number of aryl methyl sites for hydroxylation is 3. The van der Waals surface area contributed by atoms with Crippen molar-refractivity contribution >= 4 is 16.9 Å². The number of carbonyl (C=O) groups is 1. The van der Waals surface area contributed by atoms with Crippen LogP contribution in [0.25, 0.3) is 11.0 Å². The molecule has 3 heterocycles. The molecular weight excluding hydrogens is 340 g/mol. The lowest BCUT2D eigenvalue weighted by atomic mass is 9.89. The molecule has 1 N–H and O–H groups in total. The predicted molar refractivity (Wildman–Crippen MR) is 104 cm³/mol. The topological polar surface area (TPSA) is 69.0 Å². The average molecular weight is 364 g/mol. The Morgan fingerprint density at radius 3 is 2.81 bits per heavy atom. The average Bonchev–Trinajstić information content (AvgIpc) is 2.87. The summed E-state index contributed by atoms with van der Waals surface area (Å²) in [5.74, 6) is 0.715. The molecule has 1 aliphatic heterocycles. The Bertz CT molecular complexity index is 1050. The van der Waals surface area contributed by atoms with Crippen molar-refractivity contribution in [1.29, 1.82) is 0 Å². The van der Waals surface area contributed by atoms with Crippen LogP contribution in [0, 0.1) is 13.8 Å². The van der Waals surface area contributed by atoms with Gasteiger partial charge in [-0.3, -0.25) is 9.48 Å². The van der Waals surface area contributed by atoms with E-state index < -0.39 is 0 Å². The van der Waals surface area contributed by atoms with Gasteiger partial charge in [0.1, 0.15) is 11.4 Å². The van der Waals surface area contributed by atoms with Crippen molar-refractivity contribution in [2.75, 3.05) is 0 Å². The molecule has 3 aromatic rings. The fourth-order valence-electron chi connectivity index (χ4n) is 3.92. The van der Waals surface area contributed by atoms with Crippen LogP contribution in [0.15, 0.2) is 30.3 Å². The van der Waals surface area contributed by atoms with Crippen molar-refractivity contribution < 1.29 is 9.53 Å². The number of ether oxygens (including phenoxy) is 1. The molecule has 4 rings (SSSR count). The number of hydrogen-bond donors (Lipinski definition) is 1. The Morgan fingerprint density at radius 2 is 2.04 bits per heavy atom. The van der Waals surface area contributed by atoms with Crippen LogP contribution >= 0.6 is 0 Å². The van der Waals surface area contributed by atoms with Crippen LogP contribution in [0.4, 0.5) is 0 Å². The number of para-hydroxylation sites is 1. The minimum atomic E-state index is -0.347. The van der Waals surface area contributed by atoms with Crippen LogP contribution < -0.4 is 10.1 Å². The molecule has 2 aromatic heterocycles. The molecule has 1 aliphatic rings.